The van der Waals surface area contributed by atoms with Crippen LogP contribution >= 0.6 is 22.7 Å². The van der Waals surface area contributed by atoms with Crippen LogP contribution in [0.1, 0.15) is 123 Å². The maximum Gasteiger partial charge on any atom is 0.346 e. The predicted octanol–water partition coefficient (Wildman–Crippen LogP) is 21.3. The van der Waals surface area contributed by atoms with Gasteiger partial charge < -0.3 is 20.0 Å². The Morgan fingerprint density at radius 1 is 0.382 bits per heavy atom. The highest BCUT2D eigenvalue weighted by Crippen LogP contribution is 2.59. The van der Waals surface area contributed by atoms with Crippen molar-refractivity contribution in [3.63, 3.8) is 0 Å². The molecule has 8 aromatic carbocycles. The van der Waals surface area contributed by atoms with Crippen molar-refractivity contribution in [2.75, 3.05) is 9.80 Å². The summed E-state index contributed by atoms with van der Waals surface area (Å²) in [6.07, 6.45) is 8.35. The molecule has 438 valence electrons. The van der Waals surface area contributed by atoms with Crippen LogP contribution in [-0.4, -0.2) is 22.2 Å². The van der Waals surface area contributed by atoms with Gasteiger partial charge in [-0.05, 0) is 238 Å². The van der Waals surface area contributed by atoms with E-state index in [0.29, 0.717) is 0 Å². The fourth-order valence-electron chi connectivity index (χ4n) is 15.1. The molecule has 0 aliphatic heterocycles. The van der Waals surface area contributed by atoms with E-state index < -0.39 is 11.9 Å². The van der Waals surface area contributed by atoms with Crippen LogP contribution < -0.4 is 9.80 Å². The Hall–Kier alpha value is -9.84. The quantitative estimate of drug-likeness (QED) is 0.0642. The van der Waals surface area contributed by atoms with Crippen LogP contribution in [0.5, 0.6) is 0 Å². The molecule has 2 N–H and O–H groups in total. The summed E-state index contributed by atoms with van der Waals surface area (Å²) >= 11 is 2.98. The van der Waals surface area contributed by atoms with Gasteiger partial charge in [0.1, 0.15) is 23.3 Å². The summed E-state index contributed by atoms with van der Waals surface area (Å²) in [5, 5.41) is 38.0. The molecule has 0 saturated heterocycles. The number of aliphatic carboxylic acids is 2. The van der Waals surface area contributed by atoms with E-state index in [9.17, 15) is 30.3 Å². The van der Waals surface area contributed by atoms with E-state index in [4.69, 9.17) is 0 Å². The largest absolute Gasteiger partial charge is 0.477 e. The number of anilines is 6. The minimum absolute atomic E-state index is 0.252. The number of rotatable bonds is 18. The first-order chi connectivity index (χ1) is 43.3. The number of carboxylic acid groups (broad SMARTS) is 2. The summed E-state index contributed by atoms with van der Waals surface area (Å²) < 4.78 is 0. The molecule has 3 aliphatic rings. The maximum atomic E-state index is 11.7. The van der Waals surface area contributed by atoms with Crippen LogP contribution in [0, 0.1) is 22.7 Å². The zero-order chi connectivity index (χ0) is 61.9. The van der Waals surface area contributed by atoms with E-state index in [1.54, 1.807) is 0 Å². The van der Waals surface area contributed by atoms with Crippen molar-refractivity contribution in [3.05, 3.63) is 248 Å². The summed E-state index contributed by atoms with van der Waals surface area (Å²) in [7, 11) is 0. The molecular formula is C79H66N4O4S2. The van der Waals surface area contributed by atoms with Crippen LogP contribution in [0.2, 0.25) is 0 Å². The van der Waals surface area contributed by atoms with Gasteiger partial charge in [-0.2, -0.15) is 10.5 Å². The third-order valence-electron chi connectivity index (χ3n) is 19.8. The van der Waals surface area contributed by atoms with E-state index in [1.807, 2.05) is 36.4 Å². The second-order valence-electron chi connectivity index (χ2n) is 23.5. The Bertz CT molecular complexity index is 4350. The van der Waals surface area contributed by atoms with Crippen molar-refractivity contribution in [2.24, 2.45) is 0 Å². The van der Waals surface area contributed by atoms with Crippen molar-refractivity contribution >= 4 is 80.9 Å². The number of hydrogen-bond donors (Lipinski definition) is 2. The van der Waals surface area contributed by atoms with E-state index in [-0.39, 0.29) is 27.4 Å². The molecule has 2 heterocycles. The Labute approximate surface area is 528 Å². The smallest absolute Gasteiger partial charge is 0.346 e. The molecule has 0 radical (unpaired) electrons. The van der Waals surface area contributed by atoms with Gasteiger partial charge in [0, 0.05) is 69.9 Å². The van der Waals surface area contributed by atoms with Crippen molar-refractivity contribution < 1.29 is 19.8 Å². The van der Waals surface area contributed by atoms with E-state index in [1.165, 1.54) is 102 Å². The number of fused-ring (bicyclic) bond motifs is 9. The summed E-state index contributed by atoms with van der Waals surface area (Å²) in [5.41, 5.74) is 22.7. The van der Waals surface area contributed by atoms with Crippen molar-refractivity contribution in [1.82, 2.24) is 0 Å². The average Bonchev–Trinajstić information content (AvgIpc) is 1.62. The highest BCUT2D eigenvalue weighted by Gasteiger charge is 2.45. The number of hydrogen-bond acceptors (Lipinski definition) is 8. The summed E-state index contributed by atoms with van der Waals surface area (Å²) in [4.78, 5) is 31.7. The maximum absolute atomic E-state index is 11.7. The van der Waals surface area contributed by atoms with Gasteiger partial charge in [0.05, 0.1) is 0 Å². The Morgan fingerprint density at radius 3 is 0.933 bits per heavy atom. The Balaban J connectivity index is 0.869. The van der Waals surface area contributed by atoms with Gasteiger partial charge in [-0.3, -0.25) is 0 Å². The van der Waals surface area contributed by atoms with E-state index in [2.05, 4.69) is 221 Å². The molecule has 3 aliphatic carbocycles. The molecule has 2 aromatic heterocycles. The highest BCUT2D eigenvalue weighted by molar-refractivity contribution is 7.16. The zero-order valence-electron chi connectivity index (χ0n) is 50.7. The van der Waals surface area contributed by atoms with Gasteiger partial charge in [-0.25, -0.2) is 9.59 Å². The molecule has 0 bridgehead atoms. The number of thiophene rings is 2. The normalized spacial score (nSPS) is 14.3. The second kappa shape index (κ2) is 23.0. The molecule has 0 unspecified atom stereocenters. The lowest BCUT2D eigenvalue weighted by Gasteiger charge is -2.34. The van der Waals surface area contributed by atoms with Crippen molar-refractivity contribution in [2.45, 2.75) is 96.3 Å². The lowest BCUT2D eigenvalue weighted by Crippen LogP contribution is -2.24. The SMILES string of the molecule is CCC1(CC)c2cc(-c3ccc(/C=C(\C#N)C(=O)O)s3)ccc2-c2ccc(N(c3ccccc3)c3ccc4c(c3)C(CC)(CC)c3cc(N(c5ccccc5)c5ccc6c(c5)C(CC)(CC)c5cc(-c7ccc(/C=C(\C#N)C(=O)O)s7)ccc5-6)ccc3-4)cc21. The second-order valence-corrected chi connectivity index (χ2v) is 25.7. The van der Waals surface area contributed by atoms with Crippen LogP contribution in [0.25, 0.3) is 66.4 Å². The summed E-state index contributed by atoms with van der Waals surface area (Å²) in [5.74, 6) is -2.46. The van der Waals surface area contributed by atoms with Crippen LogP contribution in [-0.2, 0) is 25.8 Å². The fourth-order valence-corrected chi connectivity index (χ4v) is 17.0. The molecular weight excluding hydrogens is 1130 g/mol. The van der Waals surface area contributed by atoms with E-state index in [0.717, 1.165) is 103 Å². The zero-order valence-corrected chi connectivity index (χ0v) is 52.3. The number of benzene rings is 8. The van der Waals surface area contributed by atoms with Gasteiger partial charge >= 0.3 is 11.9 Å². The van der Waals surface area contributed by atoms with Crippen molar-refractivity contribution in [1.29, 1.82) is 10.5 Å². The van der Waals surface area contributed by atoms with Crippen LogP contribution in [0.4, 0.5) is 34.1 Å². The number of carboxylic acids is 2. The molecule has 0 atom stereocenters. The third-order valence-corrected chi connectivity index (χ3v) is 22.0. The first kappa shape index (κ1) is 58.2. The minimum atomic E-state index is -1.23. The van der Waals surface area contributed by atoms with Gasteiger partial charge in [0.25, 0.3) is 0 Å². The molecule has 8 nitrogen and oxygen atoms in total. The summed E-state index contributed by atoms with van der Waals surface area (Å²) in [6, 6.07) is 74.9. The summed E-state index contributed by atoms with van der Waals surface area (Å²) in [6.45, 7) is 13.9. The number of nitrogens with zero attached hydrogens (tertiary/aromatic N) is 4. The standard InChI is InChI=1S/C79H66N4O4S2/c1-7-77(8-2)67-41-49(73-37-29-59(88-73)39-51(47-80)75(84)85)23-31-61(67)63-33-25-55(43-69(63)77)82(53-19-15-13-16-20-53)57-27-35-65-66-36-28-58(46-72(66)79(11-5,12-6)71(65)45-57)83(54-21-17-14-18-22-54)56-26-34-64-62-32-24-50(42-68(62)78(9-3,10-4)70(64)44-56)74-38-30-60(89-74)40-52(48-81)76(86)87/h13-46H,7-12H2,1-6H3,(H,84,85)(H,86,87)/b51-39+,52-40+. The first-order valence-electron chi connectivity index (χ1n) is 30.8. The third kappa shape index (κ3) is 9.35. The monoisotopic (exact) mass is 1200 g/mol. The van der Waals surface area contributed by atoms with Crippen LogP contribution in [0.15, 0.2) is 205 Å². The molecule has 10 heteroatoms. The molecule has 0 saturated carbocycles. The number of carbonyl (C=O) groups is 2. The molecule has 13 rings (SSSR count). The number of nitriles is 2. The molecule has 0 fully saturated rings. The van der Waals surface area contributed by atoms with E-state index >= 15 is 0 Å². The molecule has 0 spiro atoms. The van der Waals surface area contributed by atoms with Gasteiger partial charge in [-0.1, -0.05) is 126 Å². The predicted molar refractivity (Wildman–Crippen MR) is 365 cm³/mol. The molecule has 0 amide bonds. The van der Waals surface area contributed by atoms with Gasteiger partial charge in [-0.15, -0.1) is 22.7 Å². The highest BCUT2D eigenvalue weighted by atomic mass is 32.1. The number of para-hydroxylation sites is 2. The lowest BCUT2D eigenvalue weighted by atomic mass is 9.73. The van der Waals surface area contributed by atoms with Crippen LogP contribution in [0.3, 0.4) is 0 Å². The molecule has 10 aromatic rings. The first-order valence-corrected chi connectivity index (χ1v) is 32.4. The van der Waals surface area contributed by atoms with Gasteiger partial charge in [0.15, 0.2) is 0 Å². The fraction of sp³-hybridized carbons (Fsp3) is 0.190. The Morgan fingerprint density at radius 2 is 0.663 bits per heavy atom. The topological polar surface area (TPSA) is 129 Å². The average molecular weight is 1200 g/mol. The van der Waals surface area contributed by atoms with Gasteiger partial charge in [0.2, 0.25) is 0 Å². The van der Waals surface area contributed by atoms with Crippen molar-refractivity contribution in [3.8, 4) is 66.4 Å². The Kier molecular flexibility index (Phi) is 15.1. The lowest BCUT2D eigenvalue weighted by molar-refractivity contribution is -0.133. The minimum Gasteiger partial charge on any atom is -0.477 e. The molecule has 89 heavy (non-hydrogen) atoms.